The zero-order valence-corrected chi connectivity index (χ0v) is 16.9. The maximum atomic E-state index is 12.2. The highest BCUT2D eigenvalue weighted by Crippen LogP contribution is 2.22. The Bertz CT molecular complexity index is 822. The molecule has 0 atom stereocenters. The summed E-state index contributed by atoms with van der Waals surface area (Å²) < 4.78 is 0. The Labute approximate surface area is 169 Å². The zero-order chi connectivity index (χ0) is 20.4. The molecule has 0 aliphatic heterocycles. The summed E-state index contributed by atoms with van der Waals surface area (Å²) in [4.78, 5) is 35.9. The molecular formula is C21H25N3O3S. The molecule has 2 aromatic rings. The number of benzene rings is 2. The predicted octanol–water partition coefficient (Wildman–Crippen LogP) is 4.50. The van der Waals surface area contributed by atoms with Crippen LogP contribution in [0.25, 0.3) is 0 Å². The standard InChI is InChI=1S/C21H25N3O3S/c1-3-4-8-20(26)24-18-6-5-7-19(13-18)28-14-21(27)23-17-11-9-16(10-12-17)22-15(2)25/h5-7,9-13H,3-4,8,14H2,1-2H3,(H,22,25)(H,23,27)(H,24,26). The van der Waals surface area contributed by atoms with Crippen LogP contribution in [0.5, 0.6) is 0 Å². The van der Waals surface area contributed by atoms with Crippen LogP contribution in [0.1, 0.15) is 33.1 Å². The Hall–Kier alpha value is -2.80. The van der Waals surface area contributed by atoms with Gasteiger partial charge in [0.05, 0.1) is 5.75 Å². The Morgan fingerprint density at radius 3 is 2.14 bits per heavy atom. The Morgan fingerprint density at radius 2 is 1.50 bits per heavy atom. The van der Waals surface area contributed by atoms with Crippen molar-refractivity contribution in [3.8, 4) is 0 Å². The molecule has 0 saturated heterocycles. The van der Waals surface area contributed by atoms with Crippen LogP contribution in [0.4, 0.5) is 17.1 Å². The van der Waals surface area contributed by atoms with E-state index in [0.717, 1.165) is 23.4 Å². The van der Waals surface area contributed by atoms with Gasteiger partial charge in [-0.15, -0.1) is 11.8 Å². The lowest BCUT2D eigenvalue weighted by Crippen LogP contribution is -2.14. The normalized spacial score (nSPS) is 10.2. The van der Waals surface area contributed by atoms with Gasteiger partial charge in [-0.1, -0.05) is 19.4 Å². The predicted molar refractivity (Wildman–Crippen MR) is 115 cm³/mol. The van der Waals surface area contributed by atoms with E-state index in [1.54, 1.807) is 24.3 Å². The minimum atomic E-state index is -0.142. The summed E-state index contributed by atoms with van der Waals surface area (Å²) in [7, 11) is 0. The summed E-state index contributed by atoms with van der Waals surface area (Å²) in [6, 6.07) is 14.4. The summed E-state index contributed by atoms with van der Waals surface area (Å²) in [5.74, 6) is -0.0168. The summed E-state index contributed by atoms with van der Waals surface area (Å²) in [5, 5.41) is 8.38. The van der Waals surface area contributed by atoms with Crippen LogP contribution >= 0.6 is 11.8 Å². The van der Waals surface area contributed by atoms with Gasteiger partial charge in [0, 0.05) is 35.3 Å². The van der Waals surface area contributed by atoms with Crippen LogP contribution in [-0.2, 0) is 14.4 Å². The molecule has 0 radical (unpaired) electrons. The first-order chi connectivity index (χ1) is 13.5. The van der Waals surface area contributed by atoms with Crippen LogP contribution in [0.3, 0.4) is 0 Å². The topological polar surface area (TPSA) is 87.3 Å². The molecule has 28 heavy (non-hydrogen) atoms. The van der Waals surface area contributed by atoms with Crippen molar-refractivity contribution >= 4 is 46.5 Å². The van der Waals surface area contributed by atoms with Gasteiger partial charge in [-0.25, -0.2) is 0 Å². The van der Waals surface area contributed by atoms with E-state index >= 15 is 0 Å². The first-order valence-electron chi connectivity index (χ1n) is 9.16. The van der Waals surface area contributed by atoms with Crippen LogP contribution in [0.2, 0.25) is 0 Å². The van der Waals surface area contributed by atoms with Gasteiger partial charge >= 0.3 is 0 Å². The van der Waals surface area contributed by atoms with Crippen LogP contribution in [0.15, 0.2) is 53.4 Å². The van der Waals surface area contributed by atoms with Crippen molar-refractivity contribution in [3.05, 3.63) is 48.5 Å². The molecular weight excluding hydrogens is 374 g/mol. The molecule has 3 amide bonds. The number of anilines is 3. The van der Waals surface area contributed by atoms with E-state index in [2.05, 4.69) is 16.0 Å². The second kappa shape index (κ2) is 11.1. The second-order valence-electron chi connectivity index (χ2n) is 6.27. The largest absolute Gasteiger partial charge is 0.326 e. The van der Waals surface area contributed by atoms with Crippen molar-refractivity contribution in [2.45, 2.75) is 38.0 Å². The van der Waals surface area contributed by atoms with Crippen LogP contribution in [-0.4, -0.2) is 23.5 Å². The highest BCUT2D eigenvalue weighted by Gasteiger charge is 2.06. The molecule has 0 unspecified atom stereocenters. The van der Waals surface area contributed by atoms with Crippen LogP contribution in [0, 0.1) is 0 Å². The van der Waals surface area contributed by atoms with Gasteiger partial charge < -0.3 is 16.0 Å². The van der Waals surface area contributed by atoms with Crippen molar-refractivity contribution in [3.63, 3.8) is 0 Å². The fourth-order valence-corrected chi connectivity index (χ4v) is 3.17. The molecule has 0 bridgehead atoms. The van der Waals surface area contributed by atoms with Crippen molar-refractivity contribution in [2.24, 2.45) is 0 Å². The van der Waals surface area contributed by atoms with Gasteiger partial charge in [0.15, 0.2) is 0 Å². The maximum Gasteiger partial charge on any atom is 0.234 e. The van der Waals surface area contributed by atoms with E-state index in [0.29, 0.717) is 17.8 Å². The van der Waals surface area contributed by atoms with Crippen molar-refractivity contribution in [2.75, 3.05) is 21.7 Å². The molecule has 0 aliphatic rings. The lowest BCUT2D eigenvalue weighted by molar-refractivity contribution is -0.116. The summed E-state index contributed by atoms with van der Waals surface area (Å²) in [5.41, 5.74) is 2.08. The van der Waals surface area contributed by atoms with E-state index in [1.165, 1.54) is 18.7 Å². The van der Waals surface area contributed by atoms with Gasteiger partial charge in [0.2, 0.25) is 17.7 Å². The number of thioether (sulfide) groups is 1. The van der Waals surface area contributed by atoms with E-state index < -0.39 is 0 Å². The van der Waals surface area contributed by atoms with E-state index in [1.807, 2.05) is 31.2 Å². The SMILES string of the molecule is CCCCC(=O)Nc1cccc(SCC(=O)Nc2ccc(NC(C)=O)cc2)c1. The molecule has 6 nitrogen and oxygen atoms in total. The maximum absolute atomic E-state index is 12.2. The molecule has 0 spiro atoms. The number of rotatable bonds is 9. The average molecular weight is 400 g/mol. The van der Waals surface area contributed by atoms with E-state index in [4.69, 9.17) is 0 Å². The molecule has 3 N–H and O–H groups in total. The third-order valence-electron chi connectivity index (χ3n) is 3.73. The number of hydrogen-bond acceptors (Lipinski definition) is 4. The lowest BCUT2D eigenvalue weighted by Gasteiger charge is -2.08. The minimum Gasteiger partial charge on any atom is -0.326 e. The molecule has 0 aliphatic carbocycles. The number of unbranched alkanes of at least 4 members (excludes halogenated alkanes) is 1. The number of hydrogen-bond donors (Lipinski definition) is 3. The van der Waals surface area contributed by atoms with Crippen molar-refractivity contribution < 1.29 is 14.4 Å². The Balaban J connectivity index is 1.83. The van der Waals surface area contributed by atoms with E-state index in [9.17, 15) is 14.4 Å². The third-order valence-corrected chi connectivity index (χ3v) is 4.73. The van der Waals surface area contributed by atoms with Crippen molar-refractivity contribution in [1.29, 1.82) is 0 Å². The second-order valence-corrected chi connectivity index (χ2v) is 7.32. The summed E-state index contributed by atoms with van der Waals surface area (Å²) in [6.07, 6.45) is 2.36. The average Bonchev–Trinajstić information content (AvgIpc) is 2.66. The first kappa shape index (κ1) is 21.5. The molecule has 0 saturated carbocycles. The quantitative estimate of drug-likeness (QED) is 0.542. The van der Waals surface area contributed by atoms with Gasteiger partial charge in [0.25, 0.3) is 0 Å². The van der Waals surface area contributed by atoms with Gasteiger partial charge in [-0.05, 0) is 48.9 Å². The molecule has 2 rings (SSSR count). The fraction of sp³-hybridized carbons (Fsp3) is 0.286. The van der Waals surface area contributed by atoms with Crippen molar-refractivity contribution in [1.82, 2.24) is 0 Å². The smallest absolute Gasteiger partial charge is 0.234 e. The summed E-state index contributed by atoms with van der Waals surface area (Å²) in [6.45, 7) is 3.49. The summed E-state index contributed by atoms with van der Waals surface area (Å²) >= 11 is 1.40. The molecule has 2 aromatic carbocycles. The van der Waals surface area contributed by atoms with Gasteiger partial charge in [0.1, 0.15) is 0 Å². The third kappa shape index (κ3) is 7.84. The molecule has 0 heterocycles. The molecule has 0 aromatic heterocycles. The minimum absolute atomic E-state index is 0.00412. The highest BCUT2D eigenvalue weighted by molar-refractivity contribution is 8.00. The van der Waals surface area contributed by atoms with E-state index in [-0.39, 0.29) is 23.5 Å². The van der Waals surface area contributed by atoms with Crippen LogP contribution < -0.4 is 16.0 Å². The molecule has 148 valence electrons. The molecule has 0 fully saturated rings. The Morgan fingerprint density at radius 1 is 0.857 bits per heavy atom. The Kier molecular flexibility index (Phi) is 8.55. The monoisotopic (exact) mass is 399 g/mol. The number of carbonyl (C=O) groups is 3. The van der Waals surface area contributed by atoms with Gasteiger partial charge in [-0.3, -0.25) is 14.4 Å². The zero-order valence-electron chi connectivity index (χ0n) is 16.1. The highest BCUT2D eigenvalue weighted by atomic mass is 32.2. The lowest BCUT2D eigenvalue weighted by atomic mass is 10.2. The fourth-order valence-electron chi connectivity index (χ4n) is 2.41. The number of carbonyl (C=O) groups excluding carboxylic acids is 3. The molecule has 7 heteroatoms. The number of nitrogens with one attached hydrogen (secondary N) is 3. The first-order valence-corrected chi connectivity index (χ1v) is 10.1. The number of amides is 3. The van der Waals surface area contributed by atoms with Gasteiger partial charge in [-0.2, -0.15) is 0 Å².